The molecular weight excluding hydrogens is 511 g/mol. The first-order valence-electron chi connectivity index (χ1n) is 13.4. The summed E-state index contributed by atoms with van der Waals surface area (Å²) >= 11 is 0. The molecule has 4 atom stereocenters. The van der Waals surface area contributed by atoms with Gasteiger partial charge in [-0.15, -0.1) is 0 Å². The summed E-state index contributed by atoms with van der Waals surface area (Å²) in [5.74, 6) is 0.846. The molecule has 39 heavy (non-hydrogen) atoms. The number of ether oxygens (including phenoxy) is 1. The molecule has 1 aromatic carbocycles. The van der Waals surface area contributed by atoms with E-state index < -0.39 is 17.7 Å². The molecule has 0 spiro atoms. The van der Waals surface area contributed by atoms with Crippen molar-refractivity contribution < 1.29 is 32.3 Å². The fraction of sp³-hybridized carbons (Fsp3) is 0.483. The number of nitrogens with zero attached hydrogens (tertiary/aromatic N) is 3. The van der Waals surface area contributed by atoms with Crippen molar-refractivity contribution in [1.29, 1.82) is 0 Å². The van der Waals surface area contributed by atoms with Crippen LogP contribution in [0.2, 0.25) is 0 Å². The summed E-state index contributed by atoms with van der Waals surface area (Å²) in [6.45, 7) is 4.11. The van der Waals surface area contributed by atoms with Gasteiger partial charge in [-0.2, -0.15) is 13.2 Å². The van der Waals surface area contributed by atoms with Gasteiger partial charge < -0.3 is 19.3 Å². The van der Waals surface area contributed by atoms with Gasteiger partial charge in [0.2, 0.25) is 0 Å². The number of benzene rings is 1. The molecule has 10 heteroatoms. The molecule has 1 saturated carbocycles. The number of alkyl halides is 3. The second-order valence-electron chi connectivity index (χ2n) is 11.1. The van der Waals surface area contributed by atoms with Gasteiger partial charge in [-0.3, -0.25) is 0 Å². The van der Waals surface area contributed by atoms with Crippen molar-refractivity contribution in [1.82, 2.24) is 10.1 Å². The van der Waals surface area contributed by atoms with Crippen LogP contribution in [-0.4, -0.2) is 39.4 Å². The van der Waals surface area contributed by atoms with E-state index in [1.807, 2.05) is 0 Å². The lowest BCUT2D eigenvalue weighted by Crippen LogP contribution is -2.47. The zero-order valence-corrected chi connectivity index (χ0v) is 21.7. The maximum Gasteiger partial charge on any atom is 0.417 e. The van der Waals surface area contributed by atoms with Crippen LogP contribution in [0.25, 0.3) is 11.3 Å². The molecule has 4 heterocycles. The van der Waals surface area contributed by atoms with Crippen molar-refractivity contribution >= 4 is 11.8 Å². The summed E-state index contributed by atoms with van der Waals surface area (Å²) in [6, 6.07) is 8.91. The van der Waals surface area contributed by atoms with Gasteiger partial charge >= 0.3 is 12.1 Å². The van der Waals surface area contributed by atoms with E-state index in [-0.39, 0.29) is 47.5 Å². The van der Waals surface area contributed by atoms with Crippen molar-refractivity contribution in [3.63, 3.8) is 0 Å². The fourth-order valence-electron chi connectivity index (χ4n) is 6.35. The Hall–Kier alpha value is -3.40. The Bertz CT molecular complexity index is 1400. The van der Waals surface area contributed by atoms with Crippen LogP contribution < -0.4 is 4.90 Å². The Balaban J connectivity index is 1.24. The van der Waals surface area contributed by atoms with Crippen LogP contribution in [0.5, 0.6) is 0 Å². The Morgan fingerprint density at radius 3 is 2.64 bits per heavy atom. The minimum absolute atomic E-state index is 0.00233. The van der Waals surface area contributed by atoms with Crippen molar-refractivity contribution in [3.05, 3.63) is 64.5 Å². The first-order chi connectivity index (χ1) is 18.6. The number of pyridine rings is 1. The summed E-state index contributed by atoms with van der Waals surface area (Å²) in [7, 11) is 0. The van der Waals surface area contributed by atoms with Crippen molar-refractivity contribution in [3.8, 4) is 11.3 Å². The predicted molar refractivity (Wildman–Crippen MR) is 136 cm³/mol. The van der Waals surface area contributed by atoms with E-state index in [1.165, 1.54) is 12.1 Å². The molecule has 3 aromatic rings. The second kappa shape index (κ2) is 9.66. The minimum Gasteiger partial charge on any atom is -0.478 e. The maximum absolute atomic E-state index is 13.8. The lowest BCUT2D eigenvalue weighted by Gasteiger charge is -2.40. The number of carbonyl (C=O) groups is 1. The molecule has 206 valence electrons. The van der Waals surface area contributed by atoms with Crippen LogP contribution in [0, 0.1) is 12.8 Å². The number of aryl methyl sites for hydroxylation is 1. The number of aromatic carboxylic acids is 1. The van der Waals surface area contributed by atoms with Gasteiger partial charge in [0.25, 0.3) is 0 Å². The normalized spacial score (nSPS) is 24.8. The summed E-state index contributed by atoms with van der Waals surface area (Å²) in [6.07, 6.45) is -0.397. The number of fused-ring (bicyclic) bond motifs is 2. The lowest BCUT2D eigenvalue weighted by atomic mass is 9.96. The molecule has 2 aromatic heterocycles. The Morgan fingerprint density at radius 1 is 1.18 bits per heavy atom. The smallest absolute Gasteiger partial charge is 0.417 e. The summed E-state index contributed by atoms with van der Waals surface area (Å²) in [5.41, 5.74) is 0.930. The average molecular weight is 542 g/mol. The molecule has 3 aliphatic rings. The first kappa shape index (κ1) is 25.9. The van der Waals surface area contributed by atoms with Gasteiger partial charge in [-0.1, -0.05) is 30.3 Å². The van der Waals surface area contributed by atoms with Crippen molar-refractivity contribution in [2.45, 2.75) is 82.8 Å². The third kappa shape index (κ3) is 4.90. The lowest BCUT2D eigenvalue weighted by molar-refractivity contribution is -0.137. The molecule has 3 unspecified atom stereocenters. The maximum atomic E-state index is 13.8. The molecule has 1 N–H and O–H groups in total. The van der Waals surface area contributed by atoms with E-state index >= 15 is 0 Å². The fourth-order valence-corrected chi connectivity index (χ4v) is 6.35. The third-order valence-electron chi connectivity index (χ3n) is 8.26. The highest BCUT2D eigenvalue weighted by molar-refractivity contribution is 5.88. The zero-order valence-electron chi connectivity index (χ0n) is 21.7. The SMILES string of the molecule is Cc1cc(C(=O)O)cc(N2C3CC(OCc4c(-c5ccccc5C(F)(F)F)noc4C4CC4)CC2[C@H](C)C3)n1. The summed E-state index contributed by atoms with van der Waals surface area (Å²) < 4.78 is 53.4. The number of halogens is 3. The van der Waals surface area contributed by atoms with E-state index in [0.29, 0.717) is 35.2 Å². The van der Waals surface area contributed by atoms with Crippen LogP contribution in [0.4, 0.5) is 19.0 Å². The summed E-state index contributed by atoms with van der Waals surface area (Å²) in [5, 5.41) is 13.6. The predicted octanol–water partition coefficient (Wildman–Crippen LogP) is 6.60. The number of aromatic nitrogens is 2. The van der Waals surface area contributed by atoms with E-state index in [4.69, 9.17) is 9.26 Å². The van der Waals surface area contributed by atoms with Crippen LogP contribution in [0.15, 0.2) is 40.9 Å². The number of anilines is 1. The van der Waals surface area contributed by atoms with Crippen LogP contribution >= 0.6 is 0 Å². The molecule has 2 bridgehead atoms. The van der Waals surface area contributed by atoms with E-state index in [1.54, 1.807) is 25.1 Å². The number of hydrogen-bond donors (Lipinski definition) is 1. The molecule has 0 amide bonds. The largest absolute Gasteiger partial charge is 0.478 e. The van der Waals surface area contributed by atoms with Gasteiger partial charge in [-0.05, 0) is 63.1 Å². The topological polar surface area (TPSA) is 88.7 Å². The van der Waals surface area contributed by atoms with Gasteiger partial charge in [0.05, 0.1) is 23.8 Å². The molecule has 1 aliphatic carbocycles. The molecule has 6 rings (SSSR count). The van der Waals surface area contributed by atoms with E-state index in [0.717, 1.165) is 31.7 Å². The van der Waals surface area contributed by atoms with Crippen molar-refractivity contribution in [2.24, 2.45) is 5.92 Å². The van der Waals surface area contributed by atoms with Crippen LogP contribution in [0.3, 0.4) is 0 Å². The Kier molecular flexibility index (Phi) is 6.40. The second-order valence-corrected chi connectivity index (χ2v) is 11.1. The summed E-state index contributed by atoms with van der Waals surface area (Å²) in [4.78, 5) is 18.5. The minimum atomic E-state index is -4.51. The molecule has 3 fully saturated rings. The van der Waals surface area contributed by atoms with Gasteiger partial charge in [0, 0.05) is 34.8 Å². The first-order valence-corrected chi connectivity index (χ1v) is 13.4. The van der Waals surface area contributed by atoms with E-state index in [9.17, 15) is 23.1 Å². The molecule has 2 aliphatic heterocycles. The van der Waals surface area contributed by atoms with Crippen LogP contribution in [-0.2, 0) is 17.5 Å². The highest BCUT2D eigenvalue weighted by Crippen LogP contribution is 2.47. The van der Waals surface area contributed by atoms with Crippen LogP contribution in [0.1, 0.15) is 77.9 Å². The number of carboxylic acids is 1. The highest BCUT2D eigenvalue weighted by Gasteiger charge is 2.46. The quantitative estimate of drug-likeness (QED) is 0.360. The zero-order chi connectivity index (χ0) is 27.5. The third-order valence-corrected chi connectivity index (χ3v) is 8.26. The monoisotopic (exact) mass is 541 g/mol. The molecule has 7 nitrogen and oxygen atoms in total. The number of rotatable bonds is 7. The van der Waals surface area contributed by atoms with Gasteiger partial charge in [0.1, 0.15) is 17.3 Å². The standard InChI is InChI=1S/C29H30F3N3O4/c1-15-9-19-12-20(13-24(15)35(19)25-11-18(28(36)37)10-16(2)33-25)38-14-22-26(34-39-27(22)17-7-8-17)21-5-3-4-6-23(21)29(30,31)32/h3-6,10-11,15,17,19-20,24H,7-9,12-14H2,1-2H3,(H,36,37)/t15-,19?,20?,24?/m1/s1. The van der Waals surface area contributed by atoms with Crippen molar-refractivity contribution in [2.75, 3.05) is 4.90 Å². The average Bonchev–Trinajstić information content (AvgIpc) is 3.60. The Labute approximate surface area is 224 Å². The van der Waals surface area contributed by atoms with Gasteiger partial charge in [-0.25, -0.2) is 9.78 Å². The van der Waals surface area contributed by atoms with E-state index in [2.05, 4.69) is 22.0 Å². The van der Waals surface area contributed by atoms with Gasteiger partial charge in [0.15, 0.2) is 0 Å². The highest BCUT2D eigenvalue weighted by atomic mass is 19.4. The number of piperidine rings is 1. The Morgan fingerprint density at radius 2 is 1.95 bits per heavy atom. The molecular formula is C29H30F3N3O4. The molecule has 0 radical (unpaired) electrons. The number of carboxylic acid groups (broad SMARTS) is 1. The number of hydrogen-bond acceptors (Lipinski definition) is 6. The molecule has 2 saturated heterocycles.